The number of benzene rings is 2. The Morgan fingerprint density at radius 2 is 1.06 bits per heavy atom. The Hall–Kier alpha value is -4.48. The van der Waals surface area contributed by atoms with Crippen molar-refractivity contribution >= 4 is 35.6 Å². The molecule has 0 aromatic heterocycles. The van der Waals surface area contributed by atoms with Crippen molar-refractivity contribution in [3.8, 4) is 0 Å². The van der Waals surface area contributed by atoms with Gasteiger partial charge < -0.3 is 0 Å². The molecular weight excluding hydrogens is 456 g/mol. The number of hydrazone groups is 2. The van der Waals surface area contributed by atoms with Gasteiger partial charge >= 0.3 is 0 Å². The second-order valence-electron chi connectivity index (χ2n) is 7.49. The first-order valence-electron chi connectivity index (χ1n) is 11.0. The molecule has 0 saturated carbocycles. The third-order valence-electron chi connectivity index (χ3n) is 4.86. The van der Waals surface area contributed by atoms with Crippen molar-refractivity contribution in [2.45, 2.75) is 44.9 Å². The number of carbonyl (C=O) groups is 2. The monoisotopic (exact) mass is 482 g/mol. The summed E-state index contributed by atoms with van der Waals surface area (Å²) in [6, 6.07) is 12.2. The quantitative estimate of drug-likeness (QED) is 0.179. The van der Waals surface area contributed by atoms with Crippen molar-refractivity contribution in [2.24, 2.45) is 10.2 Å². The maximum atomic E-state index is 11.8. The summed E-state index contributed by atoms with van der Waals surface area (Å²) in [6.45, 7) is 0. The average Bonchev–Trinajstić information content (AvgIpc) is 2.84. The number of amides is 2. The zero-order valence-electron chi connectivity index (χ0n) is 19.0. The minimum Gasteiger partial charge on any atom is -0.273 e. The zero-order valence-corrected chi connectivity index (χ0v) is 19.0. The predicted octanol–water partition coefficient (Wildman–Crippen LogP) is 3.83. The van der Waals surface area contributed by atoms with E-state index in [0.29, 0.717) is 24.0 Å². The first kappa shape index (κ1) is 26.8. The van der Waals surface area contributed by atoms with E-state index in [9.17, 15) is 29.8 Å². The summed E-state index contributed by atoms with van der Waals surface area (Å²) in [6.07, 6.45) is 6.79. The van der Waals surface area contributed by atoms with E-state index < -0.39 is 9.85 Å². The summed E-state index contributed by atoms with van der Waals surface area (Å²) in [4.78, 5) is 44.5. The number of hydrogen-bond acceptors (Lipinski definition) is 8. The maximum Gasteiger partial charge on any atom is 0.278 e. The van der Waals surface area contributed by atoms with Gasteiger partial charge in [0.25, 0.3) is 11.4 Å². The summed E-state index contributed by atoms with van der Waals surface area (Å²) in [5.74, 6) is -0.563. The molecule has 0 atom stereocenters. The molecule has 12 heteroatoms. The highest BCUT2D eigenvalue weighted by molar-refractivity contribution is 5.87. The fourth-order valence-electron chi connectivity index (χ4n) is 3.09. The van der Waals surface area contributed by atoms with Crippen molar-refractivity contribution in [1.82, 2.24) is 10.9 Å². The standard InChI is InChI=1S/C23H26N6O6/c30-22(26-24-16-18-10-6-8-12-20(18)28(32)33)14-4-2-1-3-5-15-23(31)27-25-17-19-11-7-9-13-21(19)29(34)35/h6-13,16-17H,1-5,14-15H2,(H,26,30)(H,27,31)/b24-16+,25-17+. The van der Waals surface area contributed by atoms with Gasteiger partial charge in [0.2, 0.25) is 11.8 Å². The van der Waals surface area contributed by atoms with Crippen LogP contribution in [-0.2, 0) is 9.59 Å². The molecule has 0 fully saturated rings. The zero-order chi connectivity index (χ0) is 25.5. The van der Waals surface area contributed by atoms with Crippen LogP contribution in [0.5, 0.6) is 0 Å². The predicted molar refractivity (Wildman–Crippen MR) is 130 cm³/mol. The summed E-state index contributed by atoms with van der Waals surface area (Å²) in [7, 11) is 0. The number of carbonyl (C=O) groups excluding carboxylic acids is 2. The second-order valence-corrected chi connectivity index (χ2v) is 7.49. The van der Waals surface area contributed by atoms with Crippen LogP contribution in [0.25, 0.3) is 0 Å². The van der Waals surface area contributed by atoms with Crippen molar-refractivity contribution in [2.75, 3.05) is 0 Å². The highest BCUT2D eigenvalue weighted by Gasteiger charge is 2.11. The Kier molecular flexibility index (Phi) is 11.2. The topological polar surface area (TPSA) is 169 Å². The molecule has 2 rings (SSSR count). The molecule has 0 aliphatic heterocycles. The van der Waals surface area contributed by atoms with Crippen LogP contribution in [0.1, 0.15) is 56.1 Å². The number of unbranched alkanes of at least 4 members (excludes halogenated alkanes) is 4. The average molecular weight is 482 g/mol. The van der Waals surface area contributed by atoms with Crippen LogP contribution in [0.2, 0.25) is 0 Å². The summed E-state index contributed by atoms with van der Waals surface area (Å²) in [5.41, 5.74) is 5.14. The van der Waals surface area contributed by atoms with Gasteiger partial charge in [-0.2, -0.15) is 10.2 Å². The molecule has 0 saturated heterocycles. The second kappa shape index (κ2) is 14.6. The molecular formula is C23H26N6O6. The lowest BCUT2D eigenvalue weighted by molar-refractivity contribution is -0.385. The van der Waals surface area contributed by atoms with E-state index >= 15 is 0 Å². The van der Waals surface area contributed by atoms with Gasteiger partial charge in [-0.15, -0.1) is 0 Å². The molecule has 12 nitrogen and oxygen atoms in total. The van der Waals surface area contributed by atoms with Crippen molar-refractivity contribution in [3.05, 3.63) is 79.9 Å². The Morgan fingerprint density at radius 3 is 1.46 bits per heavy atom. The van der Waals surface area contributed by atoms with Crippen LogP contribution in [-0.4, -0.2) is 34.1 Å². The Bertz CT molecular complexity index is 1020. The van der Waals surface area contributed by atoms with Gasteiger partial charge in [0.05, 0.1) is 33.4 Å². The van der Waals surface area contributed by atoms with Gasteiger partial charge in [0, 0.05) is 25.0 Å². The van der Waals surface area contributed by atoms with Crippen LogP contribution in [0.3, 0.4) is 0 Å². The van der Waals surface area contributed by atoms with Gasteiger partial charge in [-0.25, -0.2) is 10.9 Å². The SMILES string of the molecule is O=C(CCCCCCCC(=O)N/N=C/c1ccccc1[N+](=O)[O-])N/N=C/c1ccccc1[N+](=O)[O-]. The molecule has 2 N–H and O–H groups in total. The van der Waals surface area contributed by atoms with Gasteiger partial charge in [-0.05, 0) is 25.0 Å². The molecule has 2 aromatic rings. The van der Waals surface area contributed by atoms with E-state index in [4.69, 9.17) is 0 Å². The highest BCUT2D eigenvalue weighted by Crippen LogP contribution is 2.16. The van der Waals surface area contributed by atoms with Gasteiger partial charge in [0.1, 0.15) is 0 Å². The van der Waals surface area contributed by atoms with Crippen molar-refractivity contribution in [1.29, 1.82) is 0 Å². The first-order chi connectivity index (χ1) is 16.9. The molecule has 2 amide bonds. The third kappa shape index (κ3) is 9.90. The molecule has 0 aliphatic rings. The van der Waals surface area contributed by atoms with E-state index in [0.717, 1.165) is 19.3 Å². The van der Waals surface area contributed by atoms with Gasteiger partial charge in [0.15, 0.2) is 0 Å². The van der Waals surface area contributed by atoms with Crippen LogP contribution in [0, 0.1) is 20.2 Å². The summed E-state index contributed by atoms with van der Waals surface area (Å²) in [5, 5.41) is 29.4. The number of para-hydroxylation sites is 2. The smallest absolute Gasteiger partial charge is 0.273 e. The highest BCUT2D eigenvalue weighted by atomic mass is 16.6. The number of nitro groups is 2. The van der Waals surface area contributed by atoms with Crippen LogP contribution < -0.4 is 10.9 Å². The van der Waals surface area contributed by atoms with E-state index in [-0.39, 0.29) is 36.0 Å². The molecule has 2 aromatic carbocycles. The van der Waals surface area contributed by atoms with E-state index in [1.165, 1.54) is 36.7 Å². The van der Waals surface area contributed by atoms with Crippen LogP contribution in [0.4, 0.5) is 11.4 Å². The van der Waals surface area contributed by atoms with Crippen molar-refractivity contribution < 1.29 is 19.4 Å². The number of nitro benzene ring substituents is 2. The molecule has 0 radical (unpaired) electrons. The molecule has 0 spiro atoms. The van der Waals surface area contributed by atoms with E-state index in [1.54, 1.807) is 24.3 Å². The number of hydrogen-bond donors (Lipinski definition) is 2. The van der Waals surface area contributed by atoms with Crippen molar-refractivity contribution in [3.63, 3.8) is 0 Å². The molecule has 0 aliphatic carbocycles. The largest absolute Gasteiger partial charge is 0.278 e. The van der Waals surface area contributed by atoms with Gasteiger partial charge in [-0.3, -0.25) is 29.8 Å². The Morgan fingerprint density at radius 1 is 0.686 bits per heavy atom. The first-order valence-corrected chi connectivity index (χ1v) is 11.0. The van der Waals surface area contributed by atoms with E-state index in [2.05, 4.69) is 21.1 Å². The van der Waals surface area contributed by atoms with Crippen LogP contribution in [0.15, 0.2) is 58.7 Å². The maximum absolute atomic E-state index is 11.8. The molecule has 0 bridgehead atoms. The Labute approximate surface area is 201 Å². The van der Waals surface area contributed by atoms with E-state index in [1.807, 2.05) is 0 Å². The molecule has 0 heterocycles. The fraction of sp³-hybridized carbons (Fsp3) is 0.304. The lowest BCUT2D eigenvalue weighted by atomic mass is 10.1. The molecule has 0 unspecified atom stereocenters. The lowest BCUT2D eigenvalue weighted by Gasteiger charge is -2.02. The molecule has 35 heavy (non-hydrogen) atoms. The Balaban J connectivity index is 1.55. The third-order valence-corrected chi connectivity index (χ3v) is 4.86. The number of rotatable bonds is 14. The van der Waals surface area contributed by atoms with Gasteiger partial charge in [-0.1, -0.05) is 43.5 Å². The number of nitrogens with one attached hydrogen (secondary N) is 2. The number of nitrogens with zero attached hydrogens (tertiary/aromatic N) is 4. The minimum atomic E-state index is -0.515. The minimum absolute atomic E-state index is 0.0915. The fourth-order valence-corrected chi connectivity index (χ4v) is 3.09. The summed E-state index contributed by atoms with van der Waals surface area (Å²) < 4.78 is 0. The normalized spacial score (nSPS) is 11.0. The summed E-state index contributed by atoms with van der Waals surface area (Å²) >= 11 is 0. The van der Waals surface area contributed by atoms with Crippen LogP contribution >= 0.6 is 0 Å². The lowest BCUT2D eigenvalue weighted by Crippen LogP contribution is -2.17. The molecule has 184 valence electrons.